The number of carbonyl (C=O) groups is 4. The molecule has 0 radical (unpaired) electrons. The van der Waals surface area contributed by atoms with Gasteiger partial charge >= 0.3 is 39.5 Å². The van der Waals surface area contributed by atoms with Crippen LogP contribution in [0.3, 0.4) is 0 Å². The lowest BCUT2D eigenvalue weighted by atomic mass is 9.99. The molecule has 0 rings (SSSR count). The van der Waals surface area contributed by atoms with Crippen molar-refractivity contribution in [1.82, 2.24) is 0 Å². The highest BCUT2D eigenvalue weighted by Gasteiger charge is 2.30. The number of carbonyl (C=O) groups excluding carboxylic acids is 4. The minimum Gasteiger partial charge on any atom is -0.462 e. The van der Waals surface area contributed by atoms with Gasteiger partial charge in [-0.1, -0.05) is 312 Å². The zero-order valence-electron chi connectivity index (χ0n) is 59.3. The third-order valence-electron chi connectivity index (χ3n) is 17.0. The minimum absolute atomic E-state index is 0.105. The lowest BCUT2D eigenvalue weighted by molar-refractivity contribution is -0.161. The summed E-state index contributed by atoms with van der Waals surface area (Å²) in [5.41, 5.74) is 0. The Kier molecular flexibility index (Phi) is 61.5. The van der Waals surface area contributed by atoms with Crippen molar-refractivity contribution in [3.8, 4) is 0 Å². The third kappa shape index (κ3) is 65.1. The molecule has 3 unspecified atom stereocenters. The quantitative estimate of drug-likeness (QED) is 0.0222. The Bertz CT molecular complexity index is 1790. The predicted octanol–water partition coefficient (Wildman–Crippen LogP) is 20.6. The van der Waals surface area contributed by atoms with Crippen LogP contribution in [0.1, 0.15) is 363 Å². The number of aliphatic hydroxyl groups excluding tert-OH is 1. The number of hydrogen-bond donors (Lipinski definition) is 3. The Hall–Kier alpha value is -1.94. The molecular formula is C72H140O17P2. The number of rotatable bonds is 70. The van der Waals surface area contributed by atoms with Crippen molar-refractivity contribution < 1.29 is 80.2 Å². The van der Waals surface area contributed by atoms with E-state index in [0.717, 1.165) is 108 Å². The van der Waals surface area contributed by atoms with Gasteiger partial charge in [-0.15, -0.1) is 0 Å². The highest BCUT2D eigenvalue weighted by Crippen LogP contribution is 2.45. The van der Waals surface area contributed by atoms with E-state index in [4.69, 9.17) is 37.0 Å². The lowest BCUT2D eigenvalue weighted by Crippen LogP contribution is -2.30. The highest BCUT2D eigenvalue weighted by atomic mass is 31.2. The smallest absolute Gasteiger partial charge is 0.462 e. The number of hydrogen-bond acceptors (Lipinski definition) is 15. The van der Waals surface area contributed by atoms with E-state index >= 15 is 0 Å². The second-order valence-electron chi connectivity index (χ2n) is 27.2. The van der Waals surface area contributed by atoms with Crippen molar-refractivity contribution >= 4 is 39.5 Å². The van der Waals surface area contributed by atoms with Crippen molar-refractivity contribution in [1.29, 1.82) is 0 Å². The predicted molar refractivity (Wildman–Crippen MR) is 368 cm³/mol. The summed E-state index contributed by atoms with van der Waals surface area (Å²) in [4.78, 5) is 72.5. The molecule has 6 atom stereocenters. The van der Waals surface area contributed by atoms with Crippen molar-refractivity contribution in [2.24, 2.45) is 17.8 Å². The number of unbranched alkanes of at least 4 members (excludes halogenated alkanes) is 37. The summed E-state index contributed by atoms with van der Waals surface area (Å²) in [6.07, 6.45) is 47.2. The first-order valence-electron chi connectivity index (χ1n) is 37.4. The van der Waals surface area contributed by atoms with Crippen LogP contribution >= 0.6 is 15.6 Å². The monoisotopic (exact) mass is 1340 g/mol. The average molecular weight is 1340 g/mol. The molecule has 91 heavy (non-hydrogen) atoms. The maximum absolute atomic E-state index is 13.0. The van der Waals surface area contributed by atoms with Gasteiger partial charge in [0.2, 0.25) is 0 Å². The molecule has 0 aliphatic carbocycles. The van der Waals surface area contributed by atoms with E-state index < -0.39 is 97.5 Å². The molecule has 0 aromatic heterocycles. The molecule has 17 nitrogen and oxygen atoms in total. The van der Waals surface area contributed by atoms with Crippen LogP contribution in [-0.2, 0) is 65.4 Å². The Morgan fingerprint density at radius 3 is 0.835 bits per heavy atom. The van der Waals surface area contributed by atoms with Gasteiger partial charge in [0, 0.05) is 25.7 Å². The van der Waals surface area contributed by atoms with Gasteiger partial charge in [-0.2, -0.15) is 0 Å². The molecular weight excluding hydrogens is 1200 g/mol. The second-order valence-corrected chi connectivity index (χ2v) is 30.1. The summed E-state index contributed by atoms with van der Waals surface area (Å²) in [7, 11) is -9.90. The van der Waals surface area contributed by atoms with Crippen molar-refractivity contribution in [3.63, 3.8) is 0 Å². The standard InChI is InChI=1S/C72H140O17P2/c1-8-10-11-12-13-14-26-32-41-48-55-71(76)89-68(60-83-70(75)54-47-40-35-34-37-44-51-64(5)6)62-87-91(80,81)85-58-66(73)57-84-90(78,79)86-61-67(59-82-69(74)53-46-39-31-27-23-19-20-24-29-36-43-50-63(3)4)88-72(77)56-49-42-33-28-22-18-16-15-17-21-25-30-38-45-52-65(7)9-2/h63-68,73H,8-62H2,1-7H3,(H,78,79)(H,80,81)/t65?,66-,67-,68-/m1/s1. The van der Waals surface area contributed by atoms with Gasteiger partial charge in [0.15, 0.2) is 12.2 Å². The Morgan fingerprint density at radius 2 is 0.560 bits per heavy atom. The summed E-state index contributed by atoms with van der Waals surface area (Å²) in [6, 6.07) is 0. The zero-order chi connectivity index (χ0) is 67.3. The maximum atomic E-state index is 13.0. The molecule has 0 bridgehead atoms. The van der Waals surface area contributed by atoms with E-state index in [9.17, 15) is 43.2 Å². The van der Waals surface area contributed by atoms with Crippen LogP contribution in [0.2, 0.25) is 0 Å². The first-order chi connectivity index (χ1) is 43.8. The fourth-order valence-corrected chi connectivity index (χ4v) is 12.4. The number of phosphoric ester groups is 2. The van der Waals surface area contributed by atoms with Gasteiger partial charge in [0.05, 0.1) is 26.4 Å². The van der Waals surface area contributed by atoms with Gasteiger partial charge in [-0.3, -0.25) is 37.3 Å². The van der Waals surface area contributed by atoms with Gasteiger partial charge < -0.3 is 33.8 Å². The van der Waals surface area contributed by atoms with Crippen LogP contribution in [0.4, 0.5) is 0 Å². The number of ether oxygens (including phenoxy) is 4. The molecule has 3 N–H and O–H groups in total. The van der Waals surface area contributed by atoms with E-state index in [2.05, 4.69) is 48.5 Å². The summed E-state index contributed by atoms with van der Waals surface area (Å²) >= 11 is 0. The first-order valence-corrected chi connectivity index (χ1v) is 40.4. The Labute approximate surface area is 556 Å². The normalized spacial score (nSPS) is 14.5. The molecule has 0 saturated heterocycles. The first kappa shape index (κ1) is 89.1. The van der Waals surface area contributed by atoms with Crippen molar-refractivity contribution in [2.45, 2.75) is 381 Å². The molecule has 0 saturated carbocycles. The Balaban J connectivity index is 5.22. The van der Waals surface area contributed by atoms with Gasteiger partial charge in [-0.05, 0) is 43.4 Å². The topological polar surface area (TPSA) is 237 Å². The molecule has 0 spiro atoms. The molecule has 0 aromatic rings. The van der Waals surface area contributed by atoms with Crippen molar-refractivity contribution in [2.75, 3.05) is 39.6 Å². The number of phosphoric acid groups is 2. The molecule has 0 heterocycles. The molecule has 540 valence electrons. The van der Waals surface area contributed by atoms with Crippen molar-refractivity contribution in [3.05, 3.63) is 0 Å². The zero-order valence-corrected chi connectivity index (χ0v) is 61.1. The number of aliphatic hydroxyl groups is 1. The fraction of sp³-hybridized carbons (Fsp3) is 0.944. The second kappa shape index (κ2) is 62.8. The third-order valence-corrected chi connectivity index (χ3v) is 18.9. The summed E-state index contributed by atoms with van der Waals surface area (Å²) in [5, 5.41) is 10.6. The van der Waals surface area contributed by atoms with Gasteiger partial charge in [-0.25, -0.2) is 9.13 Å². The largest absolute Gasteiger partial charge is 0.472 e. The van der Waals surface area contributed by atoms with Crippen LogP contribution in [-0.4, -0.2) is 96.7 Å². The SMILES string of the molecule is CCCCCCCCCCCCC(=O)O[C@H](COC(=O)CCCCCCCCC(C)C)COP(=O)(O)OC[C@H](O)COP(=O)(O)OC[C@@H](COC(=O)CCCCCCCCCCCCCC(C)C)OC(=O)CCCCCCCCCCCCCCCCC(C)CC. The average Bonchev–Trinajstić information content (AvgIpc) is 3.73. The summed E-state index contributed by atoms with van der Waals surface area (Å²) in [6.45, 7) is 11.8. The van der Waals surface area contributed by atoms with E-state index in [1.165, 1.54) is 167 Å². The summed E-state index contributed by atoms with van der Waals surface area (Å²) in [5.74, 6) is 0.171. The van der Waals surface area contributed by atoms with Gasteiger partial charge in [0.1, 0.15) is 19.3 Å². The minimum atomic E-state index is -4.95. The van der Waals surface area contributed by atoms with Crippen LogP contribution in [0.5, 0.6) is 0 Å². The van der Waals surface area contributed by atoms with E-state index in [1.54, 1.807) is 0 Å². The molecule has 0 aliphatic heterocycles. The van der Waals surface area contributed by atoms with E-state index in [0.29, 0.717) is 31.6 Å². The van der Waals surface area contributed by atoms with Crippen LogP contribution in [0.25, 0.3) is 0 Å². The van der Waals surface area contributed by atoms with E-state index in [-0.39, 0.29) is 25.7 Å². The maximum Gasteiger partial charge on any atom is 0.472 e. The Morgan fingerprint density at radius 1 is 0.319 bits per heavy atom. The molecule has 0 fully saturated rings. The lowest BCUT2D eigenvalue weighted by Gasteiger charge is -2.21. The number of esters is 4. The van der Waals surface area contributed by atoms with Crippen LogP contribution in [0, 0.1) is 17.8 Å². The summed E-state index contributed by atoms with van der Waals surface area (Å²) < 4.78 is 68.3. The van der Waals surface area contributed by atoms with E-state index in [1.807, 2.05) is 0 Å². The molecule has 0 aromatic carbocycles. The van der Waals surface area contributed by atoms with Crippen LogP contribution < -0.4 is 0 Å². The fourth-order valence-electron chi connectivity index (χ4n) is 10.9. The van der Waals surface area contributed by atoms with Crippen LogP contribution in [0.15, 0.2) is 0 Å². The molecule has 19 heteroatoms. The van der Waals surface area contributed by atoms with Gasteiger partial charge in [0.25, 0.3) is 0 Å². The molecule has 0 amide bonds. The highest BCUT2D eigenvalue weighted by molar-refractivity contribution is 7.47. The molecule has 0 aliphatic rings.